The van der Waals surface area contributed by atoms with Crippen LogP contribution in [0.2, 0.25) is 0 Å². The maximum Gasteiger partial charge on any atom is 0.131 e. The van der Waals surface area contributed by atoms with Crippen molar-refractivity contribution < 1.29 is 9.13 Å². The number of benzene rings is 2. The molecule has 3 rings (SSSR count). The van der Waals surface area contributed by atoms with Crippen LogP contribution in [0.1, 0.15) is 0 Å². The van der Waals surface area contributed by atoms with Gasteiger partial charge in [0.25, 0.3) is 0 Å². The SMILES string of the molecule is COc1ccc(-n2cc(-c3ccccc3F)cn2)cc1. The van der Waals surface area contributed by atoms with Crippen molar-refractivity contribution in [2.45, 2.75) is 0 Å². The van der Waals surface area contributed by atoms with E-state index in [1.807, 2.05) is 30.3 Å². The molecule has 0 aliphatic carbocycles. The number of aromatic nitrogens is 2. The highest BCUT2D eigenvalue weighted by Crippen LogP contribution is 2.23. The molecule has 0 amide bonds. The summed E-state index contributed by atoms with van der Waals surface area (Å²) in [5.41, 5.74) is 2.19. The predicted octanol–water partition coefficient (Wildman–Crippen LogP) is 3.69. The number of halogens is 1. The fraction of sp³-hybridized carbons (Fsp3) is 0.0625. The van der Waals surface area contributed by atoms with Gasteiger partial charge in [0.1, 0.15) is 11.6 Å². The lowest BCUT2D eigenvalue weighted by atomic mass is 10.1. The van der Waals surface area contributed by atoms with Crippen molar-refractivity contribution in [1.82, 2.24) is 9.78 Å². The van der Waals surface area contributed by atoms with E-state index in [1.54, 1.807) is 36.3 Å². The van der Waals surface area contributed by atoms with Gasteiger partial charge in [-0.3, -0.25) is 0 Å². The largest absolute Gasteiger partial charge is 0.497 e. The Morgan fingerprint density at radius 2 is 1.80 bits per heavy atom. The van der Waals surface area contributed by atoms with Crippen molar-refractivity contribution in [2.75, 3.05) is 7.11 Å². The summed E-state index contributed by atoms with van der Waals surface area (Å²) in [6.07, 6.45) is 3.46. The van der Waals surface area contributed by atoms with Gasteiger partial charge in [0.2, 0.25) is 0 Å². The molecule has 0 unspecified atom stereocenters. The molecular weight excluding hydrogens is 255 g/mol. The Bertz CT molecular complexity index is 719. The van der Waals surface area contributed by atoms with Gasteiger partial charge < -0.3 is 4.74 Å². The maximum atomic E-state index is 13.7. The van der Waals surface area contributed by atoms with E-state index in [4.69, 9.17) is 4.74 Å². The molecule has 100 valence electrons. The first-order chi connectivity index (χ1) is 9.78. The minimum atomic E-state index is -0.248. The molecule has 3 nitrogen and oxygen atoms in total. The Labute approximate surface area is 116 Å². The number of nitrogens with zero attached hydrogens (tertiary/aromatic N) is 2. The second-order valence-corrected chi connectivity index (χ2v) is 4.35. The van der Waals surface area contributed by atoms with E-state index in [9.17, 15) is 4.39 Å². The van der Waals surface area contributed by atoms with Crippen molar-refractivity contribution in [3.05, 3.63) is 66.7 Å². The summed E-state index contributed by atoms with van der Waals surface area (Å²) in [4.78, 5) is 0. The van der Waals surface area contributed by atoms with Crippen LogP contribution in [0.25, 0.3) is 16.8 Å². The smallest absolute Gasteiger partial charge is 0.131 e. The third-order valence-corrected chi connectivity index (χ3v) is 3.10. The molecule has 0 radical (unpaired) electrons. The van der Waals surface area contributed by atoms with Gasteiger partial charge in [0, 0.05) is 17.3 Å². The Morgan fingerprint density at radius 3 is 2.50 bits per heavy atom. The molecule has 20 heavy (non-hydrogen) atoms. The number of methoxy groups -OCH3 is 1. The van der Waals surface area contributed by atoms with Gasteiger partial charge in [0.05, 0.1) is 19.0 Å². The highest BCUT2D eigenvalue weighted by atomic mass is 19.1. The third-order valence-electron chi connectivity index (χ3n) is 3.10. The summed E-state index contributed by atoms with van der Waals surface area (Å²) in [5.74, 6) is 0.539. The summed E-state index contributed by atoms with van der Waals surface area (Å²) < 4.78 is 20.6. The lowest BCUT2D eigenvalue weighted by Gasteiger charge is -2.03. The summed E-state index contributed by atoms with van der Waals surface area (Å²) >= 11 is 0. The first-order valence-corrected chi connectivity index (χ1v) is 6.22. The monoisotopic (exact) mass is 268 g/mol. The highest BCUT2D eigenvalue weighted by Gasteiger charge is 2.07. The quantitative estimate of drug-likeness (QED) is 0.724. The lowest BCUT2D eigenvalue weighted by molar-refractivity contribution is 0.414. The summed E-state index contributed by atoms with van der Waals surface area (Å²) in [7, 11) is 1.62. The predicted molar refractivity (Wildman–Crippen MR) is 75.5 cm³/mol. The van der Waals surface area contributed by atoms with Crippen molar-refractivity contribution in [3.63, 3.8) is 0 Å². The van der Waals surface area contributed by atoms with Crippen LogP contribution in [-0.4, -0.2) is 16.9 Å². The first-order valence-electron chi connectivity index (χ1n) is 6.22. The van der Waals surface area contributed by atoms with Gasteiger partial charge in [-0.1, -0.05) is 18.2 Å². The van der Waals surface area contributed by atoms with Gasteiger partial charge in [-0.15, -0.1) is 0 Å². The van der Waals surface area contributed by atoms with Gasteiger partial charge in [-0.2, -0.15) is 5.10 Å². The summed E-state index contributed by atoms with van der Waals surface area (Å²) in [5, 5.41) is 4.27. The van der Waals surface area contributed by atoms with Crippen molar-refractivity contribution in [1.29, 1.82) is 0 Å². The Hall–Kier alpha value is -2.62. The molecular formula is C16H13FN2O. The van der Waals surface area contributed by atoms with Crippen molar-refractivity contribution in [3.8, 4) is 22.6 Å². The standard InChI is InChI=1S/C16H13FN2O/c1-20-14-8-6-13(7-9-14)19-11-12(10-18-19)15-4-2-3-5-16(15)17/h2-11H,1H3. The molecule has 0 spiro atoms. The average molecular weight is 268 g/mol. The molecule has 1 heterocycles. The van der Waals surface area contributed by atoms with E-state index >= 15 is 0 Å². The molecule has 0 saturated carbocycles. The van der Waals surface area contributed by atoms with Crippen LogP contribution in [0.4, 0.5) is 4.39 Å². The van der Waals surface area contributed by atoms with E-state index < -0.39 is 0 Å². The molecule has 0 bridgehead atoms. The van der Waals surface area contributed by atoms with E-state index in [-0.39, 0.29) is 5.82 Å². The van der Waals surface area contributed by atoms with E-state index in [0.717, 1.165) is 17.0 Å². The first kappa shape index (κ1) is 12.4. The minimum Gasteiger partial charge on any atom is -0.497 e. The molecule has 0 N–H and O–H groups in total. The van der Waals surface area contributed by atoms with Gasteiger partial charge in [-0.25, -0.2) is 9.07 Å². The number of hydrogen-bond donors (Lipinski definition) is 0. The average Bonchev–Trinajstić information content (AvgIpc) is 2.97. The van der Waals surface area contributed by atoms with Crippen LogP contribution in [0.15, 0.2) is 60.9 Å². The molecule has 0 atom stereocenters. The van der Waals surface area contributed by atoms with E-state index in [0.29, 0.717) is 5.56 Å². The van der Waals surface area contributed by atoms with Gasteiger partial charge >= 0.3 is 0 Å². The zero-order valence-electron chi connectivity index (χ0n) is 11.0. The molecule has 4 heteroatoms. The van der Waals surface area contributed by atoms with Crippen LogP contribution in [0.3, 0.4) is 0 Å². The Morgan fingerprint density at radius 1 is 1.05 bits per heavy atom. The number of ether oxygens (including phenoxy) is 1. The van der Waals surface area contributed by atoms with Crippen LogP contribution in [-0.2, 0) is 0 Å². The van der Waals surface area contributed by atoms with Crippen molar-refractivity contribution in [2.24, 2.45) is 0 Å². The second kappa shape index (κ2) is 5.17. The lowest BCUT2D eigenvalue weighted by Crippen LogP contribution is -1.93. The Kier molecular flexibility index (Phi) is 3.21. The van der Waals surface area contributed by atoms with Crippen LogP contribution in [0, 0.1) is 5.82 Å². The van der Waals surface area contributed by atoms with Crippen molar-refractivity contribution >= 4 is 0 Å². The molecule has 1 aromatic heterocycles. The van der Waals surface area contributed by atoms with Crippen LogP contribution in [0.5, 0.6) is 5.75 Å². The van der Waals surface area contributed by atoms with E-state index in [1.165, 1.54) is 6.07 Å². The van der Waals surface area contributed by atoms with Gasteiger partial charge in [-0.05, 0) is 30.3 Å². The molecule has 0 aliphatic heterocycles. The van der Waals surface area contributed by atoms with Gasteiger partial charge in [0.15, 0.2) is 0 Å². The molecule has 2 aromatic carbocycles. The molecule has 3 aromatic rings. The molecule has 0 saturated heterocycles. The fourth-order valence-electron chi connectivity index (χ4n) is 2.03. The number of rotatable bonds is 3. The molecule has 0 fully saturated rings. The number of hydrogen-bond acceptors (Lipinski definition) is 2. The van der Waals surface area contributed by atoms with E-state index in [2.05, 4.69) is 5.10 Å². The Balaban J connectivity index is 1.95. The third kappa shape index (κ3) is 2.28. The zero-order chi connectivity index (χ0) is 13.9. The fourth-order valence-corrected chi connectivity index (χ4v) is 2.03. The van der Waals surface area contributed by atoms with Crippen LogP contribution < -0.4 is 4.74 Å². The summed E-state index contributed by atoms with van der Waals surface area (Å²) in [6.45, 7) is 0. The minimum absolute atomic E-state index is 0.248. The van der Waals surface area contributed by atoms with Crippen LogP contribution >= 0.6 is 0 Å². The normalized spacial score (nSPS) is 10.5. The summed E-state index contributed by atoms with van der Waals surface area (Å²) in [6, 6.07) is 14.2. The topological polar surface area (TPSA) is 27.1 Å². The maximum absolute atomic E-state index is 13.7. The second-order valence-electron chi connectivity index (χ2n) is 4.35. The highest BCUT2D eigenvalue weighted by molar-refractivity contribution is 5.62. The zero-order valence-corrected chi connectivity index (χ0v) is 11.0. The molecule has 0 aliphatic rings.